The Morgan fingerprint density at radius 1 is 0.373 bits per heavy atom. The maximum atomic E-state index is 12.4. The number of aliphatic hydroxyl groups excluding tert-OH is 2. The van der Waals surface area contributed by atoms with Gasteiger partial charge in [0.25, 0.3) is 0 Å². The summed E-state index contributed by atoms with van der Waals surface area (Å²) in [6.07, 6.45) is 82.4. The van der Waals surface area contributed by atoms with Gasteiger partial charge in [0, 0.05) is 12.8 Å². The van der Waals surface area contributed by atoms with E-state index in [1.54, 1.807) is 6.08 Å². The number of amides is 1. The number of nitrogens with one attached hydrogen (secondary N) is 1. The molecular formula is C69H131NO5. The molecule has 0 spiro atoms. The van der Waals surface area contributed by atoms with Crippen LogP contribution in [0.2, 0.25) is 0 Å². The number of allylic oxidation sites excluding steroid dienone is 5. The van der Waals surface area contributed by atoms with E-state index in [1.165, 1.54) is 295 Å². The van der Waals surface area contributed by atoms with E-state index in [-0.39, 0.29) is 18.5 Å². The van der Waals surface area contributed by atoms with Crippen molar-refractivity contribution in [3.05, 3.63) is 36.5 Å². The lowest BCUT2D eigenvalue weighted by atomic mass is 10.0. The maximum Gasteiger partial charge on any atom is 0.305 e. The summed E-state index contributed by atoms with van der Waals surface area (Å²) in [6, 6.07) is -0.623. The van der Waals surface area contributed by atoms with Gasteiger partial charge in [-0.25, -0.2) is 0 Å². The van der Waals surface area contributed by atoms with Gasteiger partial charge < -0.3 is 20.3 Å². The molecule has 0 saturated heterocycles. The van der Waals surface area contributed by atoms with E-state index < -0.39 is 12.1 Å². The maximum absolute atomic E-state index is 12.4. The molecule has 0 aromatic rings. The van der Waals surface area contributed by atoms with E-state index in [0.717, 1.165) is 44.9 Å². The van der Waals surface area contributed by atoms with Crippen LogP contribution in [0.4, 0.5) is 0 Å². The van der Waals surface area contributed by atoms with Crippen molar-refractivity contribution in [3.8, 4) is 0 Å². The highest BCUT2D eigenvalue weighted by atomic mass is 16.5. The molecule has 0 heterocycles. The fourth-order valence-corrected chi connectivity index (χ4v) is 10.5. The minimum Gasteiger partial charge on any atom is -0.466 e. The predicted octanol–water partition coefficient (Wildman–Crippen LogP) is 21.5. The van der Waals surface area contributed by atoms with Crippen molar-refractivity contribution >= 4 is 11.9 Å². The lowest BCUT2D eigenvalue weighted by Gasteiger charge is -2.20. The van der Waals surface area contributed by atoms with Crippen molar-refractivity contribution in [3.63, 3.8) is 0 Å². The zero-order chi connectivity index (χ0) is 54.3. The molecule has 6 heteroatoms. The molecule has 0 saturated carbocycles. The van der Waals surface area contributed by atoms with Crippen LogP contribution >= 0.6 is 0 Å². The van der Waals surface area contributed by atoms with E-state index in [2.05, 4.69) is 43.5 Å². The summed E-state index contributed by atoms with van der Waals surface area (Å²) in [5.41, 5.74) is 0. The highest BCUT2D eigenvalue weighted by Crippen LogP contribution is 2.18. The van der Waals surface area contributed by atoms with Gasteiger partial charge in [-0.1, -0.05) is 326 Å². The molecule has 0 aromatic heterocycles. The van der Waals surface area contributed by atoms with Crippen molar-refractivity contribution in [2.45, 2.75) is 379 Å². The SMILES string of the molecule is CCCCCCCCC/C=C/C(O)C(CO)NC(=O)CCCCCCCCCCCCCCCCCCC/C=C\C/C=C\CCCCCCCCCCCCCCCOC(=O)CCCCCCCCCCCCCC. The quantitative estimate of drug-likeness (QED) is 0.0320. The van der Waals surface area contributed by atoms with Crippen molar-refractivity contribution in [1.82, 2.24) is 5.32 Å². The molecule has 2 atom stereocenters. The van der Waals surface area contributed by atoms with Crippen molar-refractivity contribution < 1.29 is 24.5 Å². The van der Waals surface area contributed by atoms with Crippen LogP contribution in [-0.2, 0) is 14.3 Å². The summed E-state index contributed by atoms with van der Waals surface area (Å²) in [5, 5.41) is 23.0. The lowest BCUT2D eigenvalue weighted by molar-refractivity contribution is -0.143. The number of ether oxygens (including phenoxy) is 1. The molecule has 0 radical (unpaired) electrons. The third-order valence-electron chi connectivity index (χ3n) is 15.7. The number of rotatable bonds is 63. The molecule has 442 valence electrons. The van der Waals surface area contributed by atoms with E-state index in [0.29, 0.717) is 19.4 Å². The summed E-state index contributed by atoms with van der Waals surface area (Å²) in [4.78, 5) is 24.4. The smallest absolute Gasteiger partial charge is 0.305 e. The van der Waals surface area contributed by atoms with Gasteiger partial charge in [-0.05, 0) is 64.2 Å². The molecule has 6 nitrogen and oxygen atoms in total. The van der Waals surface area contributed by atoms with Crippen LogP contribution in [0.15, 0.2) is 36.5 Å². The first-order valence-corrected chi connectivity index (χ1v) is 33.8. The zero-order valence-electron chi connectivity index (χ0n) is 50.5. The van der Waals surface area contributed by atoms with Crippen molar-refractivity contribution in [2.75, 3.05) is 13.2 Å². The largest absolute Gasteiger partial charge is 0.466 e. The number of unbranched alkanes of at least 4 members (excludes halogenated alkanes) is 48. The Hall–Kier alpha value is -1.92. The highest BCUT2D eigenvalue weighted by Gasteiger charge is 2.18. The Balaban J connectivity index is 3.34. The lowest BCUT2D eigenvalue weighted by Crippen LogP contribution is -2.45. The number of aliphatic hydroxyl groups is 2. The molecule has 0 rings (SSSR count). The molecular weight excluding hydrogens is 923 g/mol. The van der Waals surface area contributed by atoms with Crippen LogP contribution in [0.25, 0.3) is 0 Å². The van der Waals surface area contributed by atoms with Gasteiger partial charge >= 0.3 is 5.97 Å². The summed E-state index contributed by atoms with van der Waals surface area (Å²) in [7, 11) is 0. The number of hydrogen-bond acceptors (Lipinski definition) is 5. The second kappa shape index (κ2) is 64.6. The number of carbonyl (C=O) groups is 2. The molecule has 0 aliphatic rings. The summed E-state index contributed by atoms with van der Waals surface area (Å²) >= 11 is 0. The number of carbonyl (C=O) groups excluding carboxylic acids is 2. The standard InChI is InChI=1S/C69H131NO5/c1-3-5-7-9-11-13-14-43-47-51-55-59-63-69(74)75-64-60-56-52-48-44-41-39-37-35-33-31-29-27-25-23-21-19-17-15-16-18-20-22-24-26-28-30-32-34-36-38-40-42-46-50-54-58-62-68(73)70-66(65-71)67(72)61-57-53-49-45-12-10-8-6-4-2/h15,17,21,23,57,61,66-67,71-72H,3-14,16,18-20,22,24-56,58-60,62-65H2,1-2H3,(H,70,73)/b17-15-,23-21-,61-57+. The molecule has 0 bridgehead atoms. The van der Waals surface area contributed by atoms with Gasteiger partial charge in [0.15, 0.2) is 0 Å². The predicted molar refractivity (Wildman–Crippen MR) is 329 cm³/mol. The van der Waals surface area contributed by atoms with Gasteiger partial charge in [0.2, 0.25) is 5.91 Å². The molecule has 0 aliphatic heterocycles. The fourth-order valence-electron chi connectivity index (χ4n) is 10.5. The van der Waals surface area contributed by atoms with E-state index >= 15 is 0 Å². The first-order chi connectivity index (χ1) is 37.0. The van der Waals surface area contributed by atoms with Crippen LogP contribution in [0.3, 0.4) is 0 Å². The molecule has 0 aliphatic carbocycles. The molecule has 2 unspecified atom stereocenters. The summed E-state index contributed by atoms with van der Waals surface area (Å²) < 4.78 is 5.48. The minimum atomic E-state index is -0.840. The topological polar surface area (TPSA) is 95.9 Å². The molecule has 3 N–H and O–H groups in total. The van der Waals surface area contributed by atoms with Crippen molar-refractivity contribution in [1.29, 1.82) is 0 Å². The van der Waals surface area contributed by atoms with Crippen LogP contribution in [-0.4, -0.2) is 47.4 Å². The molecule has 0 aromatic carbocycles. The van der Waals surface area contributed by atoms with Gasteiger partial charge in [-0.15, -0.1) is 0 Å². The highest BCUT2D eigenvalue weighted by molar-refractivity contribution is 5.76. The van der Waals surface area contributed by atoms with E-state index in [1.807, 2.05) is 6.08 Å². The first kappa shape index (κ1) is 73.1. The fraction of sp³-hybridized carbons (Fsp3) is 0.884. The Labute approximate surface area is 468 Å². The normalized spacial score (nSPS) is 12.7. The summed E-state index contributed by atoms with van der Waals surface area (Å²) in [6.45, 7) is 4.89. The van der Waals surface area contributed by atoms with Gasteiger partial charge in [-0.2, -0.15) is 0 Å². The average molecular weight is 1050 g/mol. The van der Waals surface area contributed by atoms with Crippen LogP contribution in [0, 0.1) is 0 Å². The second-order valence-electron chi connectivity index (χ2n) is 23.2. The van der Waals surface area contributed by atoms with E-state index in [4.69, 9.17) is 4.74 Å². The molecule has 0 fully saturated rings. The van der Waals surface area contributed by atoms with Crippen LogP contribution < -0.4 is 5.32 Å². The van der Waals surface area contributed by atoms with Crippen LogP contribution in [0.5, 0.6) is 0 Å². The second-order valence-corrected chi connectivity index (χ2v) is 23.2. The Kier molecular flexibility index (Phi) is 63.0. The van der Waals surface area contributed by atoms with Gasteiger partial charge in [0.1, 0.15) is 0 Å². The van der Waals surface area contributed by atoms with Crippen LogP contribution in [0.1, 0.15) is 367 Å². The molecule has 75 heavy (non-hydrogen) atoms. The monoisotopic (exact) mass is 1050 g/mol. The third-order valence-corrected chi connectivity index (χ3v) is 15.7. The minimum absolute atomic E-state index is 0.0193. The van der Waals surface area contributed by atoms with Gasteiger partial charge in [0.05, 0.1) is 25.4 Å². The Morgan fingerprint density at radius 2 is 0.667 bits per heavy atom. The van der Waals surface area contributed by atoms with Gasteiger partial charge in [-0.3, -0.25) is 9.59 Å². The average Bonchev–Trinajstić information content (AvgIpc) is 3.41. The Bertz CT molecular complexity index is 1210. The number of esters is 1. The zero-order valence-corrected chi connectivity index (χ0v) is 50.5. The summed E-state index contributed by atoms with van der Waals surface area (Å²) in [5.74, 6) is -0.0477. The molecule has 1 amide bonds. The first-order valence-electron chi connectivity index (χ1n) is 33.8. The van der Waals surface area contributed by atoms with E-state index in [9.17, 15) is 19.8 Å². The number of hydrogen-bond donors (Lipinski definition) is 3. The van der Waals surface area contributed by atoms with Crippen molar-refractivity contribution in [2.24, 2.45) is 0 Å². The Morgan fingerprint density at radius 3 is 1.01 bits per heavy atom. The third kappa shape index (κ3) is 61.2.